The summed E-state index contributed by atoms with van der Waals surface area (Å²) in [4.78, 5) is 16.0. The fraction of sp³-hybridized carbons (Fsp3) is 0.389. The van der Waals surface area contributed by atoms with Crippen LogP contribution in [0.2, 0.25) is 0 Å². The number of carbonyl (C=O) groups excluding carboxylic acids is 1. The quantitative estimate of drug-likeness (QED) is 0.923. The second-order valence-electron chi connectivity index (χ2n) is 6.38. The second-order valence-corrected chi connectivity index (χ2v) is 6.38. The molecule has 134 valence electrons. The maximum absolute atomic E-state index is 13.6. The van der Waals surface area contributed by atoms with Crippen LogP contribution in [0.1, 0.15) is 23.8 Å². The zero-order valence-electron chi connectivity index (χ0n) is 14.2. The Bertz CT molecular complexity index is 736. The van der Waals surface area contributed by atoms with Crippen molar-refractivity contribution in [2.45, 2.75) is 25.0 Å². The Hall–Kier alpha value is -2.41. The molecule has 1 saturated heterocycles. The number of nitrogens with one attached hydrogen (secondary N) is 1. The average Bonchev–Trinajstić information content (AvgIpc) is 3.20. The summed E-state index contributed by atoms with van der Waals surface area (Å²) in [6.07, 6.45) is 2.30. The van der Waals surface area contributed by atoms with Gasteiger partial charge in [0, 0.05) is 13.6 Å². The highest BCUT2D eigenvalue weighted by Crippen LogP contribution is 2.31. The van der Waals surface area contributed by atoms with Crippen LogP contribution in [-0.4, -0.2) is 42.5 Å². The molecular formula is C18H21F2N3O2. The summed E-state index contributed by atoms with van der Waals surface area (Å²) >= 11 is 0. The molecule has 2 amide bonds. The van der Waals surface area contributed by atoms with Gasteiger partial charge in [-0.05, 0) is 43.3 Å². The van der Waals surface area contributed by atoms with E-state index in [4.69, 9.17) is 4.42 Å². The molecule has 2 heterocycles. The minimum absolute atomic E-state index is 0.179. The van der Waals surface area contributed by atoms with E-state index in [1.165, 1.54) is 11.0 Å². The maximum atomic E-state index is 13.6. The van der Waals surface area contributed by atoms with Gasteiger partial charge in [0.1, 0.15) is 5.76 Å². The molecule has 1 aromatic heterocycles. The first-order valence-corrected chi connectivity index (χ1v) is 8.15. The number of furan rings is 1. The predicted octanol–water partition coefficient (Wildman–Crippen LogP) is 3.14. The third-order valence-electron chi connectivity index (χ3n) is 4.56. The Morgan fingerprint density at radius 2 is 2.16 bits per heavy atom. The van der Waals surface area contributed by atoms with Crippen molar-refractivity contribution < 1.29 is 18.0 Å². The average molecular weight is 349 g/mol. The van der Waals surface area contributed by atoms with Crippen molar-refractivity contribution in [1.29, 1.82) is 0 Å². The molecular weight excluding hydrogens is 328 g/mol. The van der Waals surface area contributed by atoms with Crippen molar-refractivity contribution in [3.8, 4) is 0 Å². The van der Waals surface area contributed by atoms with Gasteiger partial charge in [-0.15, -0.1) is 0 Å². The zero-order valence-corrected chi connectivity index (χ0v) is 14.2. The zero-order chi connectivity index (χ0) is 18.0. The lowest BCUT2D eigenvalue weighted by Gasteiger charge is -2.28. The van der Waals surface area contributed by atoms with Gasteiger partial charge in [-0.2, -0.15) is 0 Å². The summed E-state index contributed by atoms with van der Waals surface area (Å²) < 4.78 is 32.0. The van der Waals surface area contributed by atoms with E-state index < -0.39 is 11.6 Å². The second kappa shape index (κ2) is 7.23. The van der Waals surface area contributed by atoms with E-state index in [2.05, 4.69) is 5.32 Å². The molecule has 0 aliphatic carbocycles. The van der Waals surface area contributed by atoms with E-state index in [9.17, 15) is 13.6 Å². The number of rotatable bonds is 4. The minimum atomic E-state index is -0.877. The number of amides is 2. The standard InChI is InChI=1S/C18H21F2N3O2/c1-22-8-7-16(17(22)12-5-6-14(19)15(20)10-12)21-18(24)23(2)11-13-4-3-9-25-13/h3-6,9-10,16-17H,7-8,11H2,1-2H3,(H,21,24)/t16-,17+/m0/s1. The third kappa shape index (κ3) is 3.82. The van der Waals surface area contributed by atoms with Crippen LogP contribution in [0.3, 0.4) is 0 Å². The number of urea groups is 1. The van der Waals surface area contributed by atoms with Crippen LogP contribution in [0.15, 0.2) is 41.0 Å². The van der Waals surface area contributed by atoms with Gasteiger partial charge < -0.3 is 14.6 Å². The van der Waals surface area contributed by atoms with Crippen LogP contribution >= 0.6 is 0 Å². The highest BCUT2D eigenvalue weighted by Gasteiger charge is 2.35. The van der Waals surface area contributed by atoms with Gasteiger partial charge in [0.05, 0.1) is 24.9 Å². The van der Waals surface area contributed by atoms with E-state index in [0.717, 1.165) is 19.0 Å². The number of hydrogen-bond acceptors (Lipinski definition) is 3. The predicted molar refractivity (Wildman–Crippen MR) is 88.8 cm³/mol. The highest BCUT2D eigenvalue weighted by atomic mass is 19.2. The molecule has 0 bridgehead atoms. The van der Waals surface area contributed by atoms with Gasteiger partial charge in [0.15, 0.2) is 11.6 Å². The molecule has 5 nitrogen and oxygen atoms in total. The highest BCUT2D eigenvalue weighted by molar-refractivity contribution is 5.74. The molecule has 1 aliphatic heterocycles. The molecule has 0 spiro atoms. The van der Waals surface area contributed by atoms with Crippen LogP contribution in [0.25, 0.3) is 0 Å². The SMILES string of the molecule is CN(Cc1ccco1)C(=O)N[C@H]1CCN(C)[C@@H]1c1ccc(F)c(F)c1. The lowest BCUT2D eigenvalue weighted by molar-refractivity contribution is 0.194. The number of nitrogens with zero attached hydrogens (tertiary/aromatic N) is 2. The van der Waals surface area contributed by atoms with E-state index in [1.807, 2.05) is 11.9 Å². The van der Waals surface area contributed by atoms with Crippen LogP contribution in [0.4, 0.5) is 13.6 Å². The Morgan fingerprint density at radius 3 is 2.84 bits per heavy atom. The summed E-state index contributed by atoms with van der Waals surface area (Å²) in [6, 6.07) is 6.86. The smallest absolute Gasteiger partial charge is 0.317 e. The summed E-state index contributed by atoms with van der Waals surface area (Å²) in [7, 11) is 3.59. The van der Waals surface area contributed by atoms with Gasteiger partial charge in [-0.25, -0.2) is 13.6 Å². The van der Waals surface area contributed by atoms with Crippen LogP contribution in [0, 0.1) is 11.6 Å². The van der Waals surface area contributed by atoms with Crippen molar-refractivity contribution in [3.05, 3.63) is 59.6 Å². The fourth-order valence-electron chi connectivity index (χ4n) is 3.26. The van der Waals surface area contributed by atoms with E-state index in [1.54, 1.807) is 31.5 Å². The Labute approximate surface area is 145 Å². The molecule has 1 aliphatic rings. The third-order valence-corrected chi connectivity index (χ3v) is 4.56. The Morgan fingerprint density at radius 1 is 1.36 bits per heavy atom. The first-order valence-electron chi connectivity index (χ1n) is 8.15. The number of carbonyl (C=O) groups is 1. The number of likely N-dealkylation sites (tertiary alicyclic amines) is 1. The molecule has 3 rings (SSSR count). The molecule has 25 heavy (non-hydrogen) atoms. The largest absolute Gasteiger partial charge is 0.467 e. The van der Waals surface area contributed by atoms with Crippen LogP contribution < -0.4 is 5.32 Å². The van der Waals surface area contributed by atoms with E-state index in [-0.39, 0.29) is 18.1 Å². The van der Waals surface area contributed by atoms with Gasteiger partial charge in [-0.1, -0.05) is 6.07 Å². The first kappa shape index (κ1) is 17.4. The number of hydrogen-bond donors (Lipinski definition) is 1. The molecule has 2 aromatic rings. The molecule has 0 radical (unpaired) electrons. The summed E-state index contributed by atoms with van der Waals surface area (Å²) in [5.74, 6) is -1.06. The van der Waals surface area contributed by atoms with Gasteiger partial charge in [0.2, 0.25) is 0 Å². The summed E-state index contributed by atoms with van der Waals surface area (Å²) in [6.45, 7) is 1.12. The summed E-state index contributed by atoms with van der Waals surface area (Å²) in [5, 5.41) is 2.99. The fourth-order valence-corrected chi connectivity index (χ4v) is 3.26. The van der Waals surface area contributed by atoms with Gasteiger partial charge in [-0.3, -0.25) is 4.90 Å². The Kier molecular flexibility index (Phi) is 5.03. The minimum Gasteiger partial charge on any atom is -0.467 e. The monoisotopic (exact) mass is 349 g/mol. The molecule has 0 unspecified atom stereocenters. The molecule has 1 aromatic carbocycles. The van der Waals surface area contributed by atoms with Crippen molar-refractivity contribution in [1.82, 2.24) is 15.1 Å². The molecule has 0 saturated carbocycles. The van der Waals surface area contributed by atoms with E-state index >= 15 is 0 Å². The van der Waals surface area contributed by atoms with Gasteiger partial charge in [0.25, 0.3) is 0 Å². The van der Waals surface area contributed by atoms with Crippen molar-refractivity contribution >= 4 is 6.03 Å². The topological polar surface area (TPSA) is 48.7 Å². The summed E-state index contributed by atoms with van der Waals surface area (Å²) in [5.41, 5.74) is 0.651. The Balaban J connectivity index is 1.69. The number of likely N-dealkylation sites (N-methyl/N-ethyl adjacent to an activating group) is 1. The van der Waals surface area contributed by atoms with Crippen molar-refractivity contribution in [2.75, 3.05) is 20.6 Å². The lowest BCUT2D eigenvalue weighted by Crippen LogP contribution is -2.44. The normalized spacial score (nSPS) is 20.6. The maximum Gasteiger partial charge on any atom is 0.317 e. The van der Waals surface area contributed by atoms with Crippen molar-refractivity contribution in [2.24, 2.45) is 0 Å². The van der Waals surface area contributed by atoms with E-state index in [0.29, 0.717) is 17.9 Å². The van der Waals surface area contributed by atoms with Crippen LogP contribution in [-0.2, 0) is 6.54 Å². The molecule has 7 heteroatoms. The van der Waals surface area contributed by atoms with Gasteiger partial charge >= 0.3 is 6.03 Å². The van der Waals surface area contributed by atoms with Crippen LogP contribution in [0.5, 0.6) is 0 Å². The molecule has 2 atom stereocenters. The molecule has 1 N–H and O–H groups in total. The van der Waals surface area contributed by atoms with Crippen molar-refractivity contribution in [3.63, 3.8) is 0 Å². The lowest BCUT2D eigenvalue weighted by atomic mass is 10.00. The number of benzene rings is 1. The first-order chi connectivity index (χ1) is 12.0. The molecule has 1 fully saturated rings. The number of halogens is 2.